The minimum Gasteiger partial charge on any atom is -0.380 e. The number of aryl methyl sites for hydroxylation is 1. The Hall–Kier alpha value is -2.02. The van der Waals surface area contributed by atoms with Crippen molar-refractivity contribution >= 4 is 10.0 Å². The molecule has 1 aliphatic heterocycles. The molecule has 2 aromatic rings. The summed E-state index contributed by atoms with van der Waals surface area (Å²) in [7, 11) is -3.78. The monoisotopic (exact) mass is 347 g/mol. The number of β-amino-alcohol motifs (C(OH)–C–C–N with tert-alkyl or cyclic N) is 1. The van der Waals surface area contributed by atoms with Crippen LogP contribution in [-0.2, 0) is 22.2 Å². The van der Waals surface area contributed by atoms with Crippen LogP contribution in [0.25, 0.3) is 0 Å². The molecule has 0 spiro atoms. The van der Waals surface area contributed by atoms with Gasteiger partial charge in [-0.3, -0.25) is 0 Å². The first kappa shape index (κ1) is 16.8. The summed E-state index contributed by atoms with van der Waals surface area (Å²) in [6.07, 6.45) is 1.25. The van der Waals surface area contributed by atoms with Crippen molar-refractivity contribution in [3.8, 4) is 0 Å². The molecule has 0 amide bonds. The summed E-state index contributed by atoms with van der Waals surface area (Å²) in [5.41, 5.74) is 0.234. The molecule has 1 aliphatic rings. The fourth-order valence-electron chi connectivity index (χ4n) is 2.89. The van der Waals surface area contributed by atoms with Gasteiger partial charge in [-0.1, -0.05) is 36.4 Å². The van der Waals surface area contributed by atoms with Crippen LogP contribution < -0.4 is 0 Å². The number of fused-ring (bicyclic) bond motifs is 1. The van der Waals surface area contributed by atoms with Gasteiger partial charge in [-0.05, 0) is 42.3 Å². The normalized spacial score (nSPS) is 21.3. The molecule has 3 rings (SSSR count). The summed E-state index contributed by atoms with van der Waals surface area (Å²) in [5, 5.41) is 10.8. The van der Waals surface area contributed by atoms with Gasteiger partial charge in [0, 0.05) is 6.54 Å². The highest BCUT2D eigenvalue weighted by atomic mass is 32.2. The van der Waals surface area contributed by atoms with Crippen LogP contribution in [0.2, 0.25) is 0 Å². The third-order valence-corrected chi connectivity index (χ3v) is 6.10. The Morgan fingerprint density at radius 2 is 1.92 bits per heavy atom. The maximum Gasteiger partial charge on any atom is 0.243 e. The number of aliphatic hydroxyl groups is 1. The Morgan fingerprint density at radius 3 is 2.54 bits per heavy atom. The second-order valence-corrected chi connectivity index (χ2v) is 7.95. The molecule has 1 atom stereocenters. The zero-order valence-electron chi connectivity index (χ0n) is 13.2. The predicted molar refractivity (Wildman–Crippen MR) is 89.3 cm³/mol. The highest BCUT2D eigenvalue weighted by molar-refractivity contribution is 7.89. The van der Waals surface area contributed by atoms with E-state index in [9.17, 15) is 17.9 Å². The number of sulfonamides is 1. The van der Waals surface area contributed by atoms with Crippen LogP contribution in [0, 0.1) is 12.7 Å². The topological polar surface area (TPSA) is 57.6 Å². The molecule has 4 nitrogen and oxygen atoms in total. The van der Waals surface area contributed by atoms with Gasteiger partial charge in [-0.25, -0.2) is 12.8 Å². The standard InChI is InChI=1S/C18H18FNO3S/c1-3-18(21)12-20(11-14-6-7-15(19)10-17(14)18)24(22,23)16-8-4-13(2)5-9-16/h3-10,21H,1,11-12H2,2H3. The number of hydrogen-bond acceptors (Lipinski definition) is 3. The third-order valence-electron chi connectivity index (χ3n) is 4.30. The van der Waals surface area contributed by atoms with Crippen LogP contribution in [0.15, 0.2) is 60.0 Å². The highest BCUT2D eigenvalue weighted by Gasteiger charge is 2.40. The van der Waals surface area contributed by atoms with Crippen LogP contribution in [0.1, 0.15) is 16.7 Å². The van der Waals surface area contributed by atoms with E-state index < -0.39 is 21.4 Å². The van der Waals surface area contributed by atoms with E-state index in [0.29, 0.717) is 11.1 Å². The third kappa shape index (κ3) is 2.77. The zero-order valence-corrected chi connectivity index (χ0v) is 14.1. The van der Waals surface area contributed by atoms with Crippen LogP contribution in [-0.4, -0.2) is 24.4 Å². The molecule has 2 aromatic carbocycles. The average molecular weight is 347 g/mol. The Kier molecular flexibility index (Phi) is 4.07. The van der Waals surface area contributed by atoms with Crippen molar-refractivity contribution in [1.29, 1.82) is 0 Å². The zero-order chi connectivity index (χ0) is 17.5. The SMILES string of the molecule is C=CC1(O)CN(S(=O)(=O)c2ccc(C)cc2)Cc2ccc(F)cc21. The lowest BCUT2D eigenvalue weighted by Crippen LogP contribution is -2.47. The van der Waals surface area contributed by atoms with E-state index in [-0.39, 0.29) is 18.0 Å². The van der Waals surface area contributed by atoms with Gasteiger partial charge in [0.15, 0.2) is 0 Å². The summed E-state index contributed by atoms with van der Waals surface area (Å²) in [4.78, 5) is 0.157. The number of nitrogens with zero attached hydrogens (tertiary/aromatic N) is 1. The molecule has 126 valence electrons. The van der Waals surface area contributed by atoms with E-state index in [1.54, 1.807) is 12.1 Å². The van der Waals surface area contributed by atoms with Crippen LogP contribution in [0.5, 0.6) is 0 Å². The van der Waals surface area contributed by atoms with E-state index in [1.807, 2.05) is 6.92 Å². The van der Waals surface area contributed by atoms with Crippen molar-refractivity contribution < 1.29 is 17.9 Å². The molecule has 0 aromatic heterocycles. The predicted octanol–water partition coefficient (Wildman–Crippen LogP) is 2.71. The lowest BCUT2D eigenvalue weighted by Gasteiger charge is -2.38. The summed E-state index contributed by atoms with van der Waals surface area (Å²) in [6, 6.07) is 10.5. The van der Waals surface area contributed by atoms with Gasteiger partial charge in [0.2, 0.25) is 10.0 Å². The van der Waals surface area contributed by atoms with E-state index in [0.717, 1.165) is 5.56 Å². The minimum absolute atomic E-state index is 0.0714. The molecular weight excluding hydrogens is 329 g/mol. The fraction of sp³-hybridized carbons (Fsp3) is 0.222. The maximum absolute atomic E-state index is 13.5. The van der Waals surface area contributed by atoms with E-state index >= 15 is 0 Å². The van der Waals surface area contributed by atoms with Gasteiger partial charge in [-0.15, -0.1) is 0 Å². The number of benzene rings is 2. The highest BCUT2D eigenvalue weighted by Crippen LogP contribution is 2.35. The van der Waals surface area contributed by atoms with Crippen molar-refractivity contribution in [3.05, 3.63) is 77.6 Å². The summed E-state index contributed by atoms with van der Waals surface area (Å²) in [6.45, 7) is 5.33. The molecule has 0 saturated heterocycles. The van der Waals surface area contributed by atoms with Crippen molar-refractivity contribution in [1.82, 2.24) is 4.31 Å². The number of halogens is 1. The lowest BCUT2D eigenvalue weighted by molar-refractivity contribution is 0.0533. The maximum atomic E-state index is 13.5. The molecule has 1 N–H and O–H groups in total. The summed E-state index contributed by atoms with van der Waals surface area (Å²) < 4.78 is 40.5. The second-order valence-electron chi connectivity index (χ2n) is 6.02. The van der Waals surface area contributed by atoms with Gasteiger partial charge in [0.25, 0.3) is 0 Å². The fourth-order valence-corrected chi connectivity index (χ4v) is 4.35. The molecule has 0 aliphatic carbocycles. The molecule has 0 saturated carbocycles. The van der Waals surface area contributed by atoms with Crippen molar-refractivity contribution in [2.24, 2.45) is 0 Å². The quantitative estimate of drug-likeness (QED) is 0.869. The van der Waals surface area contributed by atoms with E-state index in [4.69, 9.17) is 0 Å². The number of rotatable bonds is 3. The first-order valence-corrected chi connectivity index (χ1v) is 8.92. The molecule has 6 heteroatoms. The van der Waals surface area contributed by atoms with Crippen molar-refractivity contribution in [2.45, 2.75) is 24.0 Å². The Morgan fingerprint density at radius 1 is 1.25 bits per heavy atom. The van der Waals surface area contributed by atoms with Gasteiger partial charge in [-0.2, -0.15) is 4.31 Å². The molecule has 0 radical (unpaired) electrons. The molecule has 1 heterocycles. The molecule has 0 fully saturated rings. The van der Waals surface area contributed by atoms with Crippen LogP contribution >= 0.6 is 0 Å². The van der Waals surface area contributed by atoms with Gasteiger partial charge >= 0.3 is 0 Å². The minimum atomic E-state index is -3.78. The average Bonchev–Trinajstić information content (AvgIpc) is 2.55. The van der Waals surface area contributed by atoms with Crippen LogP contribution in [0.3, 0.4) is 0 Å². The first-order valence-electron chi connectivity index (χ1n) is 7.48. The van der Waals surface area contributed by atoms with E-state index in [1.165, 1.54) is 40.7 Å². The molecule has 1 unspecified atom stereocenters. The Balaban J connectivity index is 2.06. The second kappa shape index (κ2) is 5.81. The van der Waals surface area contributed by atoms with Gasteiger partial charge in [0.05, 0.1) is 11.4 Å². The van der Waals surface area contributed by atoms with Crippen LogP contribution in [0.4, 0.5) is 4.39 Å². The Bertz CT molecular complexity index is 893. The molecular formula is C18H18FNO3S. The van der Waals surface area contributed by atoms with Gasteiger partial charge < -0.3 is 5.11 Å². The largest absolute Gasteiger partial charge is 0.380 e. The number of hydrogen-bond donors (Lipinski definition) is 1. The summed E-state index contributed by atoms with van der Waals surface area (Å²) in [5.74, 6) is -0.483. The van der Waals surface area contributed by atoms with E-state index in [2.05, 4.69) is 6.58 Å². The Labute approximate surface area is 140 Å². The van der Waals surface area contributed by atoms with Gasteiger partial charge in [0.1, 0.15) is 11.4 Å². The lowest BCUT2D eigenvalue weighted by atomic mass is 9.86. The van der Waals surface area contributed by atoms with Crippen molar-refractivity contribution in [3.63, 3.8) is 0 Å². The summed E-state index contributed by atoms with van der Waals surface area (Å²) >= 11 is 0. The van der Waals surface area contributed by atoms with Crippen molar-refractivity contribution in [2.75, 3.05) is 6.54 Å². The smallest absolute Gasteiger partial charge is 0.243 e. The molecule has 24 heavy (non-hydrogen) atoms. The molecule has 0 bridgehead atoms. The first-order chi connectivity index (χ1) is 11.3.